The highest BCUT2D eigenvalue weighted by molar-refractivity contribution is 14.0. The second-order valence-corrected chi connectivity index (χ2v) is 4.56. The highest BCUT2D eigenvalue weighted by atomic mass is 127. The van der Waals surface area contributed by atoms with E-state index in [1.54, 1.807) is 0 Å². The van der Waals surface area contributed by atoms with Gasteiger partial charge in [-0.1, -0.05) is 25.1 Å². The lowest BCUT2D eigenvalue weighted by Gasteiger charge is -2.11. The molecule has 1 aromatic carbocycles. The smallest absolute Gasteiger partial charge is 0.191 e. The van der Waals surface area contributed by atoms with E-state index in [0.29, 0.717) is 0 Å². The summed E-state index contributed by atoms with van der Waals surface area (Å²) < 4.78 is 5.65. The van der Waals surface area contributed by atoms with Gasteiger partial charge in [0.2, 0.25) is 0 Å². The van der Waals surface area contributed by atoms with E-state index in [1.807, 2.05) is 30.3 Å². The summed E-state index contributed by atoms with van der Waals surface area (Å²) in [5.74, 6) is 1.86. The molecule has 0 aliphatic heterocycles. The maximum absolute atomic E-state index is 5.65. The first kappa shape index (κ1) is 20.0. The zero-order chi connectivity index (χ0) is 14.5. The molecule has 1 aromatic rings. The Balaban J connectivity index is 0.00000400. The second-order valence-electron chi connectivity index (χ2n) is 4.56. The Morgan fingerprint density at radius 3 is 2.52 bits per heavy atom. The quantitative estimate of drug-likeness (QED) is 0.287. The minimum atomic E-state index is 0. The van der Waals surface area contributed by atoms with E-state index >= 15 is 0 Å². The molecule has 0 bridgehead atoms. The average molecular weight is 405 g/mol. The van der Waals surface area contributed by atoms with Gasteiger partial charge >= 0.3 is 0 Å². The number of nitrogens with one attached hydrogen (secondary N) is 2. The minimum Gasteiger partial charge on any atom is -0.494 e. The third kappa shape index (κ3) is 10.4. The number of unbranched alkanes of at least 4 members (excludes halogenated alkanes) is 1. The Morgan fingerprint density at radius 2 is 1.86 bits per heavy atom. The molecule has 0 aromatic heterocycles. The summed E-state index contributed by atoms with van der Waals surface area (Å²) in [4.78, 5) is 4.46. The van der Waals surface area contributed by atoms with Crippen molar-refractivity contribution in [3.8, 4) is 5.75 Å². The SMILES string of the molecule is CCCN=C(NCC)NCCCCOc1ccccc1.I. The van der Waals surface area contributed by atoms with Gasteiger partial charge in [0.15, 0.2) is 5.96 Å². The summed E-state index contributed by atoms with van der Waals surface area (Å²) in [6.07, 6.45) is 3.18. The van der Waals surface area contributed by atoms with Crippen LogP contribution in [0.15, 0.2) is 35.3 Å². The van der Waals surface area contributed by atoms with E-state index in [2.05, 4.69) is 29.5 Å². The molecule has 4 nitrogen and oxygen atoms in total. The van der Waals surface area contributed by atoms with Crippen LogP contribution in [0.5, 0.6) is 5.75 Å². The topological polar surface area (TPSA) is 45.7 Å². The van der Waals surface area contributed by atoms with Crippen molar-refractivity contribution < 1.29 is 4.74 Å². The van der Waals surface area contributed by atoms with Crippen LogP contribution in [-0.2, 0) is 0 Å². The first-order valence-corrected chi connectivity index (χ1v) is 7.56. The summed E-state index contributed by atoms with van der Waals surface area (Å²) in [5.41, 5.74) is 0. The van der Waals surface area contributed by atoms with Crippen molar-refractivity contribution in [2.45, 2.75) is 33.1 Å². The third-order valence-corrected chi connectivity index (χ3v) is 2.71. The zero-order valence-corrected chi connectivity index (χ0v) is 15.4. The predicted octanol–water partition coefficient (Wildman–Crippen LogP) is 3.43. The Morgan fingerprint density at radius 1 is 1.10 bits per heavy atom. The fraction of sp³-hybridized carbons (Fsp3) is 0.562. The largest absolute Gasteiger partial charge is 0.494 e. The number of guanidine groups is 1. The van der Waals surface area contributed by atoms with Gasteiger partial charge in [0.05, 0.1) is 6.61 Å². The number of benzene rings is 1. The molecule has 0 aliphatic rings. The number of halogens is 1. The Labute approximate surface area is 145 Å². The molecule has 0 heterocycles. The summed E-state index contributed by atoms with van der Waals surface area (Å²) in [5, 5.41) is 6.58. The van der Waals surface area contributed by atoms with Crippen molar-refractivity contribution in [2.24, 2.45) is 4.99 Å². The number of hydrogen-bond donors (Lipinski definition) is 2. The van der Waals surface area contributed by atoms with E-state index in [0.717, 1.165) is 57.2 Å². The van der Waals surface area contributed by atoms with Crippen molar-refractivity contribution in [3.63, 3.8) is 0 Å². The van der Waals surface area contributed by atoms with Crippen LogP contribution in [0.3, 0.4) is 0 Å². The van der Waals surface area contributed by atoms with Crippen LogP contribution in [0, 0.1) is 0 Å². The van der Waals surface area contributed by atoms with Gasteiger partial charge in [0.25, 0.3) is 0 Å². The zero-order valence-electron chi connectivity index (χ0n) is 13.1. The van der Waals surface area contributed by atoms with Crippen LogP contribution in [-0.4, -0.2) is 32.2 Å². The van der Waals surface area contributed by atoms with Gasteiger partial charge in [-0.05, 0) is 38.3 Å². The van der Waals surface area contributed by atoms with Crippen molar-refractivity contribution in [1.82, 2.24) is 10.6 Å². The summed E-state index contributed by atoms with van der Waals surface area (Å²) >= 11 is 0. The van der Waals surface area contributed by atoms with Crippen LogP contribution in [0.2, 0.25) is 0 Å². The van der Waals surface area contributed by atoms with Crippen molar-refractivity contribution in [1.29, 1.82) is 0 Å². The maximum atomic E-state index is 5.65. The first-order valence-electron chi connectivity index (χ1n) is 7.56. The molecule has 1 rings (SSSR count). The predicted molar refractivity (Wildman–Crippen MR) is 101 cm³/mol. The van der Waals surface area contributed by atoms with Crippen molar-refractivity contribution in [3.05, 3.63) is 30.3 Å². The standard InChI is InChI=1S/C16H27N3O.HI/c1-3-12-18-16(17-4-2)19-13-8-9-14-20-15-10-6-5-7-11-15;/h5-7,10-11H,3-4,8-9,12-14H2,1-2H3,(H2,17,18,19);1H. The van der Waals surface area contributed by atoms with Gasteiger partial charge in [-0.3, -0.25) is 4.99 Å². The van der Waals surface area contributed by atoms with Gasteiger partial charge in [-0.25, -0.2) is 0 Å². The Kier molecular flexibility index (Phi) is 13.3. The molecule has 2 N–H and O–H groups in total. The lowest BCUT2D eigenvalue weighted by molar-refractivity contribution is 0.307. The average Bonchev–Trinajstić information content (AvgIpc) is 2.49. The van der Waals surface area contributed by atoms with Gasteiger partial charge < -0.3 is 15.4 Å². The molecule has 0 saturated carbocycles. The molecule has 0 atom stereocenters. The lowest BCUT2D eigenvalue weighted by atomic mass is 10.3. The molecule has 21 heavy (non-hydrogen) atoms. The fourth-order valence-corrected chi connectivity index (χ4v) is 1.71. The third-order valence-electron chi connectivity index (χ3n) is 2.71. The number of rotatable bonds is 9. The van der Waals surface area contributed by atoms with E-state index in [4.69, 9.17) is 4.74 Å². The molecule has 0 fully saturated rings. The number of nitrogens with zero attached hydrogens (tertiary/aromatic N) is 1. The molecular formula is C16H28IN3O. The number of para-hydroxylation sites is 1. The van der Waals surface area contributed by atoms with Crippen LogP contribution in [0.1, 0.15) is 33.1 Å². The van der Waals surface area contributed by atoms with Crippen LogP contribution in [0.4, 0.5) is 0 Å². The van der Waals surface area contributed by atoms with Gasteiger partial charge in [-0.15, -0.1) is 24.0 Å². The highest BCUT2D eigenvalue weighted by Crippen LogP contribution is 2.08. The van der Waals surface area contributed by atoms with Gasteiger partial charge in [0.1, 0.15) is 5.75 Å². The maximum Gasteiger partial charge on any atom is 0.191 e. The normalized spacial score (nSPS) is 10.7. The number of aliphatic imine (C=N–C) groups is 1. The monoisotopic (exact) mass is 405 g/mol. The van der Waals surface area contributed by atoms with E-state index < -0.39 is 0 Å². The molecule has 0 radical (unpaired) electrons. The van der Waals surface area contributed by atoms with E-state index in [1.165, 1.54) is 0 Å². The number of ether oxygens (including phenoxy) is 1. The molecule has 0 spiro atoms. The number of hydrogen-bond acceptors (Lipinski definition) is 2. The molecule has 5 heteroatoms. The Hall–Kier alpha value is -0.980. The van der Waals surface area contributed by atoms with Crippen LogP contribution < -0.4 is 15.4 Å². The van der Waals surface area contributed by atoms with Gasteiger partial charge in [-0.2, -0.15) is 0 Å². The second kappa shape index (κ2) is 14.0. The first-order chi connectivity index (χ1) is 9.86. The molecule has 0 saturated heterocycles. The molecular weight excluding hydrogens is 377 g/mol. The highest BCUT2D eigenvalue weighted by Gasteiger charge is 1.96. The van der Waals surface area contributed by atoms with E-state index in [9.17, 15) is 0 Å². The molecule has 0 unspecified atom stereocenters. The van der Waals surface area contributed by atoms with Crippen LogP contribution in [0.25, 0.3) is 0 Å². The Bertz CT molecular complexity index is 371. The lowest BCUT2D eigenvalue weighted by Crippen LogP contribution is -2.37. The summed E-state index contributed by atoms with van der Waals surface area (Å²) in [6, 6.07) is 9.94. The summed E-state index contributed by atoms with van der Waals surface area (Å²) in [6.45, 7) is 7.66. The minimum absolute atomic E-state index is 0. The fourth-order valence-electron chi connectivity index (χ4n) is 1.71. The van der Waals surface area contributed by atoms with Crippen LogP contribution >= 0.6 is 24.0 Å². The van der Waals surface area contributed by atoms with Crippen molar-refractivity contribution >= 4 is 29.9 Å². The molecule has 120 valence electrons. The molecule has 0 aliphatic carbocycles. The van der Waals surface area contributed by atoms with E-state index in [-0.39, 0.29) is 24.0 Å². The summed E-state index contributed by atoms with van der Waals surface area (Å²) in [7, 11) is 0. The van der Waals surface area contributed by atoms with Gasteiger partial charge in [0, 0.05) is 19.6 Å². The van der Waals surface area contributed by atoms with Crippen molar-refractivity contribution in [2.75, 3.05) is 26.2 Å². The molecule has 0 amide bonds.